The number of fused-ring (bicyclic) bond motifs is 5. The van der Waals surface area contributed by atoms with Gasteiger partial charge in [0, 0.05) is 0 Å². The van der Waals surface area contributed by atoms with E-state index in [1.165, 1.54) is 38.5 Å². The van der Waals surface area contributed by atoms with Gasteiger partial charge in [-0.15, -0.1) is 0 Å². The molecule has 0 unspecified atom stereocenters. The highest BCUT2D eigenvalue weighted by molar-refractivity contribution is 5.34. The molecule has 0 amide bonds. The van der Waals surface area contributed by atoms with Crippen molar-refractivity contribution in [1.82, 2.24) is 0 Å². The molecule has 4 aliphatic rings. The fourth-order valence-corrected chi connectivity index (χ4v) is 6.83. The first-order chi connectivity index (χ1) is 10.5. The number of aliphatic hydroxyl groups excluding tert-OH is 1. The van der Waals surface area contributed by atoms with Crippen LogP contribution in [-0.2, 0) is 0 Å². The van der Waals surface area contributed by atoms with Crippen LogP contribution in [0.1, 0.15) is 72.1 Å². The summed E-state index contributed by atoms with van der Waals surface area (Å²) in [6, 6.07) is 0. The molecule has 0 aromatic rings. The van der Waals surface area contributed by atoms with Gasteiger partial charge >= 0.3 is 0 Å². The first-order valence-electron chi connectivity index (χ1n) is 9.53. The van der Waals surface area contributed by atoms with Crippen molar-refractivity contribution < 1.29 is 5.11 Å². The van der Waals surface area contributed by atoms with E-state index < -0.39 is 0 Å². The lowest BCUT2D eigenvalue weighted by molar-refractivity contribution is -0.00472. The quantitative estimate of drug-likeness (QED) is 0.605. The Morgan fingerprint density at radius 3 is 2.73 bits per heavy atom. The van der Waals surface area contributed by atoms with Gasteiger partial charge in [-0.3, -0.25) is 0 Å². The third kappa shape index (κ3) is 1.87. The number of hydrogen-bond donors (Lipinski definition) is 1. The van der Waals surface area contributed by atoms with Crippen LogP contribution in [0.4, 0.5) is 0 Å². The molecule has 1 heteroatoms. The zero-order chi connectivity index (χ0) is 15.5. The van der Waals surface area contributed by atoms with Crippen LogP contribution in [-0.4, -0.2) is 11.2 Å². The van der Waals surface area contributed by atoms with Gasteiger partial charge in [0.15, 0.2) is 0 Å². The van der Waals surface area contributed by atoms with Crippen molar-refractivity contribution in [2.75, 3.05) is 0 Å². The van der Waals surface area contributed by atoms with Crippen LogP contribution in [0.2, 0.25) is 0 Å². The molecule has 0 heterocycles. The fraction of sp³-hybridized carbons (Fsp3) is 0.810. The van der Waals surface area contributed by atoms with Gasteiger partial charge in [0.05, 0.1) is 6.10 Å². The highest BCUT2D eigenvalue weighted by Gasteiger charge is 2.55. The van der Waals surface area contributed by atoms with Crippen LogP contribution < -0.4 is 0 Å². The van der Waals surface area contributed by atoms with E-state index in [1.807, 2.05) is 0 Å². The van der Waals surface area contributed by atoms with Crippen molar-refractivity contribution in [2.45, 2.75) is 78.2 Å². The molecule has 0 aromatic carbocycles. The minimum Gasteiger partial charge on any atom is -0.393 e. The Hall–Kier alpha value is -0.560. The Kier molecular flexibility index (Phi) is 3.39. The fourth-order valence-electron chi connectivity index (χ4n) is 6.83. The molecule has 3 fully saturated rings. The van der Waals surface area contributed by atoms with Gasteiger partial charge in [-0.1, -0.05) is 37.1 Å². The highest BCUT2D eigenvalue weighted by atomic mass is 16.3. The maximum absolute atomic E-state index is 10.1. The molecular formula is C21H32O. The second-order valence-electron chi connectivity index (χ2n) is 8.97. The molecule has 4 rings (SSSR count). The van der Waals surface area contributed by atoms with E-state index in [1.54, 1.807) is 11.1 Å². The highest BCUT2D eigenvalue weighted by Crippen LogP contribution is 2.65. The lowest BCUT2D eigenvalue weighted by atomic mass is 9.49. The van der Waals surface area contributed by atoms with E-state index in [2.05, 4.69) is 32.9 Å². The van der Waals surface area contributed by atoms with Crippen LogP contribution in [0.3, 0.4) is 0 Å². The molecule has 22 heavy (non-hydrogen) atoms. The molecule has 0 aliphatic heterocycles. The van der Waals surface area contributed by atoms with Crippen molar-refractivity contribution in [3.05, 3.63) is 23.3 Å². The zero-order valence-corrected chi connectivity index (χ0v) is 14.6. The smallest absolute Gasteiger partial charge is 0.0543 e. The molecule has 0 bridgehead atoms. The molecule has 4 aliphatic carbocycles. The molecule has 1 nitrogen and oxygen atoms in total. The minimum atomic E-state index is -0.0369. The summed E-state index contributed by atoms with van der Waals surface area (Å²) < 4.78 is 0. The Labute approximate surface area is 135 Å². The number of allylic oxidation sites excluding steroid dienone is 4. The van der Waals surface area contributed by atoms with Crippen LogP contribution in [0.5, 0.6) is 0 Å². The summed E-state index contributed by atoms with van der Waals surface area (Å²) in [6.07, 6.45) is 15.0. The molecule has 0 radical (unpaired) electrons. The van der Waals surface area contributed by atoms with Crippen molar-refractivity contribution in [3.8, 4) is 0 Å². The SMILES string of the molecule is C/C=C1\CC[C@H]2[C@@H]3CC[C@@H]4C[C@H](O)CC[C@]4(C)C3=CC[C@]12C. The van der Waals surface area contributed by atoms with Gasteiger partial charge in [-0.25, -0.2) is 0 Å². The number of aliphatic hydroxyl groups is 1. The number of hydrogen-bond acceptors (Lipinski definition) is 1. The number of rotatable bonds is 0. The van der Waals surface area contributed by atoms with Gasteiger partial charge < -0.3 is 5.11 Å². The van der Waals surface area contributed by atoms with E-state index in [4.69, 9.17) is 0 Å². The average Bonchev–Trinajstić information content (AvgIpc) is 2.84. The summed E-state index contributed by atoms with van der Waals surface area (Å²) in [5.41, 5.74) is 4.36. The molecule has 6 atom stereocenters. The topological polar surface area (TPSA) is 20.2 Å². The monoisotopic (exact) mass is 300 g/mol. The Bertz CT molecular complexity index is 530. The average molecular weight is 300 g/mol. The lowest BCUT2D eigenvalue weighted by Crippen LogP contribution is -2.47. The predicted molar refractivity (Wildman–Crippen MR) is 91.5 cm³/mol. The van der Waals surface area contributed by atoms with Crippen LogP contribution >= 0.6 is 0 Å². The van der Waals surface area contributed by atoms with Gasteiger partial charge in [0.2, 0.25) is 0 Å². The van der Waals surface area contributed by atoms with Crippen molar-refractivity contribution in [2.24, 2.45) is 28.6 Å². The lowest BCUT2D eigenvalue weighted by Gasteiger charge is -2.56. The predicted octanol–water partition coefficient (Wildman–Crippen LogP) is 5.26. The zero-order valence-electron chi connectivity index (χ0n) is 14.6. The van der Waals surface area contributed by atoms with Gasteiger partial charge in [0.25, 0.3) is 0 Å². The van der Waals surface area contributed by atoms with E-state index in [0.29, 0.717) is 10.8 Å². The van der Waals surface area contributed by atoms with Gasteiger partial charge in [0.1, 0.15) is 0 Å². The van der Waals surface area contributed by atoms with Crippen LogP contribution in [0.15, 0.2) is 23.3 Å². The first-order valence-corrected chi connectivity index (χ1v) is 9.53. The maximum Gasteiger partial charge on any atom is 0.0543 e. The normalized spacial score (nSPS) is 52.7. The van der Waals surface area contributed by atoms with E-state index in [9.17, 15) is 5.11 Å². The van der Waals surface area contributed by atoms with Crippen molar-refractivity contribution in [1.29, 1.82) is 0 Å². The Morgan fingerprint density at radius 1 is 1.14 bits per heavy atom. The second kappa shape index (κ2) is 4.97. The third-order valence-corrected chi connectivity index (χ3v) is 8.20. The van der Waals surface area contributed by atoms with Gasteiger partial charge in [-0.2, -0.15) is 0 Å². The molecule has 0 saturated heterocycles. The maximum atomic E-state index is 10.1. The second-order valence-corrected chi connectivity index (χ2v) is 8.97. The minimum absolute atomic E-state index is 0.0369. The molecule has 0 spiro atoms. The van der Waals surface area contributed by atoms with Crippen LogP contribution in [0.25, 0.3) is 0 Å². The molecule has 0 aromatic heterocycles. The van der Waals surface area contributed by atoms with E-state index in [0.717, 1.165) is 30.6 Å². The molecular weight excluding hydrogens is 268 g/mol. The largest absolute Gasteiger partial charge is 0.393 e. The summed E-state index contributed by atoms with van der Waals surface area (Å²) in [6.45, 7) is 7.30. The molecule has 122 valence electrons. The Balaban J connectivity index is 1.71. The van der Waals surface area contributed by atoms with Crippen LogP contribution in [0, 0.1) is 28.6 Å². The first kappa shape index (κ1) is 15.0. The van der Waals surface area contributed by atoms with E-state index in [-0.39, 0.29) is 6.10 Å². The summed E-state index contributed by atoms with van der Waals surface area (Å²) >= 11 is 0. The summed E-state index contributed by atoms with van der Waals surface area (Å²) in [5, 5.41) is 10.1. The summed E-state index contributed by atoms with van der Waals surface area (Å²) in [7, 11) is 0. The summed E-state index contributed by atoms with van der Waals surface area (Å²) in [4.78, 5) is 0. The standard InChI is InChI=1S/C21H32O/c1-4-14-6-8-18-17-7-5-15-13-16(22)9-11-21(15,3)19(17)10-12-20(14,18)2/h4,10,15-18,22H,5-9,11-13H2,1-3H3/b14-4+/t15-,16-,17+,18+,20-,21+/m1/s1. The van der Waals surface area contributed by atoms with E-state index >= 15 is 0 Å². The van der Waals surface area contributed by atoms with Crippen molar-refractivity contribution in [3.63, 3.8) is 0 Å². The molecule has 1 N–H and O–H groups in total. The Morgan fingerprint density at radius 2 is 1.95 bits per heavy atom. The van der Waals surface area contributed by atoms with Gasteiger partial charge in [-0.05, 0) is 86.9 Å². The van der Waals surface area contributed by atoms with Crippen molar-refractivity contribution >= 4 is 0 Å². The summed E-state index contributed by atoms with van der Waals surface area (Å²) in [5.74, 6) is 2.43. The molecule has 3 saturated carbocycles. The third-order valence-electron chi connectivity index (χ3n) is 8.20.